The van der Waals surface area contributed by atoms with Gasteiger partial charge in [-0.3, -0.25) is 14.5 Å². The van der Waals surface area contributed by atoms with Crippen molar-refractivity contribution in [2.75, 3.05) is 0 Å². The largest absolute Gasteiger partial charge is 3.00 e. The molecule has 0 saturated carbocycles. The van der Waals surface area contributed by atoms with Crippen LogP contribution in [0.15, 0.2) is 72.8 Å². The number of nitrogens with zero attached hydrogens (tertiary/aromatic N) is 5. The van der Waals surface area contributed by atoms with Crippen LogP contribution in [-0.4, -0.2) is 75.2 Å². The molecular formula is C29H25EuN5O8+3. The van der Waals surface area contributed by atoms with Gasteiger partial charge in [0.15, 0.2) is 0 Å². The molecule has 0 saturated heterocycles. The number of carbonyl (C=O) groups is 4. The molecule has 0 bridgehead atoms. The maximum atomic E-state index is 12.3. The molecule has 0 fully saturated rings. The van der Waals surface area contributed by atoms with Crippen molar-refractivity contribution in [1.82, 2.24) is 24.8 Å². The van der Waals surface area contributed by atoms with E-state index in [-0.39, 0.29) is 86.7 Å². The van der Waals surface area contributed by atoms with Crippen LogP contribution in [0.1, 0.15) is 45.2 Å². The average Bonchev–Trinajstić information content (AvgIpc) is 2.97. The van der Waals surface area contributed by atoms with Crippen LogP contribution in [0.2, 0.25) is 0 Å². The zero-order valence-electron chi connectivity index (χ0n) is 22.4. The van der Waals surface area contributed by atoms with E-state index >= 15 is 0 Å². The summed E-state index contributed by atoms with van der Waals surface area (Å²) in [5.41, 5.74) is 1.93. The van der Waals surface area contributed by atoms with E-state index in [1.807, 2.05) is 0 Å². The summed E-state index contributed by atoms with van der Waals surface area (Å²) >= 11 is 0. The second kappa shape index (κ2) is 15.5. The SMILES string of the molecule is O=C(O)CCC(C(=O)O)N(Cc1cccc(-c2cccc(C(=O)O)n2)n1)Cc1cccc(-c2cccc(C(=O)O)n2)n1.[Eu+3]. The third kappa shape index (κ3) is 9.25. The van der Waals surface area contributed by atoms with E-state index in [1.54, 1.807) is 60.7 Å². The van der Waals surface area contributed by atoms with Crippen LogP contribution < -0.4 is 0 Å². The van der Waals surface area contributed by atoms with E-state index in [2.05, 4.69) is 19.9 Å². The van der Waals surface area contributed by atoms with Gasteiger partial charge in [-0.1, -0.05) is 24.3 Å². The van der Waals surface area contributed by atoms with Crippen LogP contribution in [0.25, 0.3) is 22.8 Å². The van der Waals surface area contributed by atoms with E-state index in [9.17, 15) is 39.6 Å². The first-order valence-corrected chi connectivity index (χ1v) is 12.6. The van der Waals surface area contributed by atoms with Crippen molar-refractivity contribution in [3.63, 3.8) is 0 Å². The van der Waals surface area contributed by atoms with Crippen molar-refractivity contribution >= 4 is 23.9 Å². The Bertz CT molecular complexity index is 1550. The maximum Gasteiger partial charge on any atom is 3.00 e. The number of carboxylic acid groups (broad SMARTS) is 4. The Hall–Kier alpha value is -3.98. The fraction of sp³-hybridized carbons (Fsp3) is 0.172. The van der Waals surface area contributed by atoms with E-state index < -0.39 is 29.9 Å². The predicted molar refractivity (Wildman–Crippen MR) is 146 cm³/mol. The van der Waals surface area contributed by atoms with Gasteiger partial charge in [-0.05, 0) is 55.0 Å². The van der Waals surface area contributed by atoms with Gasteiger partial charge in [-0.25, -0.2) is 29.5 Å². The third-order valence-electron chi connectivity index (χ3n) is 6.16. The second-order valence-electron chi connectivity index (χ2n) is 9.15. The van der Waals surface area contributed by atoms with Crippen molar-refractivity contribution < 1.29 is 89.0 Å². The molecule has 13 nitrogen and oxygen atoms in total. The van der Waals surface area contributed by atoms with Crippen LogP contribution >= 0.6 is 0 Å². The standard InChI is InChI=1S/C29H25N5O8.Eu/c35-26(36)14-13-25(29(41)42)34(15-17-5-1-7-19(30-17)21-9-3-11-23(32-21)27(37)38)16-18-6-2-8-20(31-18)22-10-4-12-24(33-22)28(39)40;/h1-12,25H,13-16H2,(H,35,36)(H,37,38)(H,39,40)(H,41,42);/q;+3. The number of aromatic carboxylic acids is 2. The summed E-state index contributed by atoms with van der Waals surface area (Å²) in [4.78, 5) is 65.2. The van der Waals surface area contributed by atoms with Gasteiger partial charge < -0.3 is 20.4 Å². The van der Waals surface area contributed by atoms with Crippen molar-refractivity contribution in [3.05, 3.63) is 95.6 Å². The number of aliphatic carboxylic acids is 2. The molecule has 4 heterocycles. The molecule has 0 amide bonds. The van der Waals surface area contributed by atoms with Gasteiger partial charge >= 0.3 is 73.3 Å². The summed E-state index contributed by atoms with van der Waals surface area (Å²) < 4.78 is 0. The molecule has 4 aromatic rings. The Balaban J connectivity index is 0.00000506. The zero-order valence-corrected chi connectivity index (χ0v) is 24.8. The summed E-state index contributed by atoms with van der Waals surface area (Å²) in [6.07, 6.45) is -0.569. The molecule has 0 radical (unpaired) electrons. The van der Waals surface area contributed by atoms with Crippen molar-refractivity contribution in [2.24, 2.45) is 0 Å². The number of carboxylic acids is 4. The van der Waals surface area contributed by atoms with E-state index in [4.69, 9.17) is 0 Å². The minimum Gasteiger partial charge on any atom is -0.481 e. The number of rotatable bonds is 13. The van der Waals surface area contributed by atoms with Crippen molar-refractivity contribution in [3.8, 4) is 22.8 Å². The van der Waals surface area contributed by atoms with Gasteiger partial charge in [0, 0.05) is 19.5 Å². The number of hydrogen-bond donors (Lipinski definition) is 4. The van der Waals surface area contributed by atoms with Crippen LogP contribution in [-0.2, 0) is 22.7 Å². The van der Waals surface area contributed by atoms with Crippen LogP contribution in [0, 0.1) is 49.4 Å². The number of hydrogen-bond acceptors (Lipinski definition) is 9. The second-order valence-corrected chi connectivity index (χ2v) is 9.15. The molecule has 1 unspecified atom stereocenters. The Morgan fingerprint density at radius 2 is 1.00 bits per heavy atom. The van der Waals surface area contributed by atoms with Crippen molar-refractivity contribution in [1.29, 1.82) is 0 Å². The van der Waals surface area contributed by atoms with Gasteiger partial charge in [0.05, 0.1) is 34.2 Å². The fourth-order valence-electron chi connectivity index (χ4n) is 4.23. The number of aromatic nitrogens is 4. The first-order valence-electron chi connectivity index (χ1n) is 12.6. The fourth-order valence-corrected chi connectivity index (χ4v) is 4.23. The Morgan fingerprint density at radius 3 is 1.37 bits per heavy atom. The summed E-state index contributed by atoms with van der Waals surface area (Å²) in [7, 11) is 0. The molecule has 43 heavy (non-hydrogen) atoms. The molecule has 0 aliphatic rings. The minimum absolute atomic E-state index is 0. The molecule has 218 valence electrons. The molecule has 0 aliphatic carbocycles. The Labute approximate surface area is 285 Å². The molecule has 4 N–H and O–H groups in total. The first kappa shape index (κ1) is 33.5. The minimum atomic E-state index is -1.23. The quantitative estimate of drug-likeness (QED) is 0.157. The smallest absolute Gasteiger partial charge is 0.481 e. The maximum absolute atomic E-state index is 12.3. The third-order valence-corrected chi connectivity index (χ3v) is 6.16. The average molecular weight is 724 g/mol. The van der Waals surface area contributed by atoms with E-state index in [0.717, 1.165) is 0 Å². The summed E-state index contributed by atoms with van der Waals surface area (Å²) in [5.74, 6) is -4.76. The van der Waals surface area contributed by atoms with E-state index in [0.29, 0.717) is 34.2 Å². The van der Waals surface area contributed by atoms with Crippen LogP contribution in [0.4, 0.5) is 0 Å². The monoisotopic (exact) mass is 724 g/mol. The molecule has 0 spiro atoms. The summed E-state index contributed by atoms with van der Waals surface area (Å²) in [5, 5.41) is 37.8. The Kier molecular flexibility index (Phi) is 12.1. The number of pyridine rings is 4. The molecule has 4 aromatic heterocycles. The summed E-state index contributed by atoms with van der Waals surface area (Å²) in [6.45, 7) is -0.0244. The van der Waals surface area contributed by atoms with E-state index in [1.165, 1.54) is 17.0 Å². The molecule has 1 atom stereocenters. The zero-order chi connectivity index (χ0) is 30.2. The van der Waals surface area contributed by atoms with Gasteiger partial charge in [0.25, 0.3) is 0 Å². The summed E-state index contributed by atoms with van der Waals surface area (Å²) in [6, 6.07) is 17.8. The van der Waals surface area contributed by atoms with Gasteiger partial charge in [-0.15, -0.1) is 0 Å². The molecular weight excluding hydrogens is 698 g/mol. The molecule has 0 aliphatic heterocycles. The molecule has 0 aromatic carbocycles. The predicted octanol–water partition coefficient (Wildman–Crippen LogP) is 3.32. The molecule has 4 rings (SSSR count). The van der Waals surface area contributed by atoms with Crippen molar-refractivity contribution in [2.45, 2.75) is 32.0 Å². The van der Waals surface area contributed by atoms with Gasteiger partial charge in [0.1, 0.15) is 17.4 Å². The van der Waals surface area contributed by atoms with Gasteiger partial charge in [0.2, 0.25) is 0 Å². The normalized spacial score (nSPS) is 11.4. The molecule has 14 heteroatoms. The van der Waals surface area contributed by atoms with Crippen LogP contribution in [0.5, 0.6) is 0 Å². The van der Waals surface area contributed by atoms with Crippen LogP contribution in [0.3, 0.4) is 0 Å². The van der Waals surface area contributed by atoms with Gasteiger partial charge in [-0.2, -0.15) is 0 Å². The topological polar surface area (TPSA) is 204 Å². The first-order chi connectivity index (χ1) is 20.1. The Morgan fingerprint density at radius 1 is 0.605 bits per heavy atom.